The number of halogens is 1. The third-order valence-electron chi connectivity index (χ3n) is 4.80. The van der Waals surface area contributed by atoms with Crippen molar-refractivity contribution in [3.05, 3.63) is 29.0 Å². The molecule has 104 valence electrons. The van der Waals surface area contributed by atoms with Gasteiger partial charge in [0, 0.05) is 18.4 Å². The molecule has 3 atom stereocenters. The highest BCUT2D eigenvalue weighted by molar-refractivity contribution is 6.31. The van der Waals surface area contributed by atoms with E-state index in [9.17, 15) is 0 Å². The number of nitrogens with one attached hydrogen (secondary N) is 1. The summed E-state index contributed by atoms with van der Waals surface area (Å²) in [5.74, 6) is 2.94. The smallest absolute Gasteiger partial charge is 0.0621 e. The molecule has 1 heterocycles. The minimum atomic E-state index is 0.590. The molecule has 2 aliphatic carbocycles. The second-order valence-corrected chi connectivity index (χ2v) is 6.63. The summed E-state index contributed by atoms with van der Waals surface area (Å²) < 4.78 is 0. The van der Waals surface area contributed by atoms with Crippen molar-refractivity contribution < 1.29 is 0 Å². The zero-order valence-corrected chi connectivity index (χ0v) is 12.4. The molecule has 1 aromatic heterocycles. The summed E-state index contributed by atoms with van der Waals surface area (Å²) in [7, 11) is 0. The maximum absolute atomic E-state index is 6.26. The molecule has 1 N–H and O–H groups in total. The van der Waals surface area contributed by atoms with Crippen LogP contribution in [0, 0.1) is 17.8 Å². The average molecular weight is 279 g/mol. The molecule has 1 aromatic rings. The quantitative estimate of drug-likeness (QED) is 0.858. The van der Waals surface area contributed by atoms with Crippen LogP contribution >= 0.6 is 11.6 Å². The van der Waals surface area contributed by atoms with Crippen molar-refractivity contribution in [2.75, 3.05) is 6.54 Å². The lowest BCUT2D eigenvalue weighted by Gasteiger charge is -2.26. The van der Waals surface area contributed by atoms with E-state index < -0.39 is 0 Å². The van der Waals surface area contributed by atoms with Gasteiger partial charge in [-0.3, -0.25) is 4.98 Å². The van der Waals surface area contributed by atoms with E-state index in [-0.39, 0.29) is 0 Å². The molecule has 0 spiro atoms. The number of hydrogen-bond acceptors (Lipinski definition) is 2. The lowest BCUT2D eigenvalue weighted by molar-refractivity contribution is 0.332. The van der Waals surface area contributed by atoms with Gasteiger partial charge in [0.1, 0.15) is 0 Å². The van der Waals surface area contributed by atoms with Crippen molar-refractivity contribution in [2.45, 2.75) is 45.1 Å². The van der Waals surface area contributed by atoms with E-state index in [1.54, 1.807) is 6.20 Å². The first-order valence-electron chi connectivity index (χ1n) is 7.59. The van der Waals surface area contributed by atoms with Gasteiger partial charge in [0.2, 0.25) is 0 Å². The molecule has 0 radical (unpaired) electrons. The fourth-order valence-corrected chi connectivity index (χ4v) is 3.83. The Bertz CT molecular complexity index is 425. The molecule has 0 saturated heterocycles. The molecule has 0 aliphatic heterocycles. The van der Waals surface area contributed by atoms with E-state index in [4.69, 9.17) is 11.6 Å². The largest absolute Gasteiger partial charge is 0.313 e. The van der Waals surface area contributed by atoms with Crippen LogP contribution in [0.5, 0.6) is 0 Å². The number of aromatic nitrogens is 1. The molecule has 19 heavy (non-hydrogen) atoms. The van der Waals surface area contributed by atoms with Gasteiger partial charge >= 0.3 is 0 Å². The van der Waals surface area contributed by atoms with E-state index >= 15 is 0 Å². The predicted molar refractivity (Wildman–Crippen MR) is 79.4 cm³/mol. The molecule has 2 nitrogen and oxygen atoms in total. The lowest BCUT2D eigenvalue weighted by atomic mass is 9.90. The first-order chi connectivity index (χ1) is 9.28. The van der Waals surface area contributed by atoms with Crippen LogP contribution in [0.25, 0.3) is 0 Å². The van der Waals surface area contributed by atoms with Crippen LogP contribution in [0.1, 0.15) is 38.2 Å². The van der Waals surface area contributed by atoms with Crippen LogP contribution in [-0.2, 0) is 6.42 Å². The zero-order chi connectivity index (χ0) is 13.2. The predicted octanol–water partition coefficient (Wildman–Crippen LogP) is 3.69. The van der Waals surface area contributed by atoms with E-state index in [0.29, 0.717) is 6.04 Å². The first kappa shape index (κ1) is 13.4. The van der Waals surface area contributed by atoms with Crippen molar-refractivity contribution in [1.29, 1.82) is 0 Å². The van der Waals surface area contributed by atoms with Crippen LogP contribution in [0.4, 0.5) is 0 Å². The Balaban J connectivity index is 1.66. The highest BCUT2D eigenvalue weighted by Gasteiger charge is 2.47. The molecule has 0 amide bonds. The Morgan fingerprint density at radius 1 is 1.37 bits per heavy atom. The Labute approximate surface area is 121 Å². The molecule has 2 aliphatic rings. The van der Waals surface area contributed by atoms with Gasteiger partial charge in [0.15, 0.2) is 0 Å². The van der Waals surface area contributed by atoms with Gasteiger partial charge in [-0.1, -0.05) is 18.5 Å². The summed E-state index contributed by atoms with van der Waals surface area (Å²) in [6.07, 6.45) is 10.2. The average Bonchev–Trinajstić information content (AvgIpc) is 3.03. The van der Waals surface area contributed by atoms with Crippen molar-refractivity contribution in [3.8, 4) is 0 Å². The molecule has 3 heteroatoms. The Hall–Kier alpha value is -0.600. The second kappa shape index (κ2) is 5.80. The molecule has 0 aromatic carbocycles. The topological polar surface area (TPSA) is 24.9 Å². The van der Waals surface area contributed by atoms with Crippen molar-refractivity contribution >= 4 is 11.6 Å². The van der Waals surface area contributed by atoms with Crippen LogP contribution in [0.15, 0.2) is 18.5 Å². The minimum Gasteiger partial charge on any atom is -0.313 e. The Kier molecular flexibility index (Phi) is 4.09. The van der Waals surface area contributed by atoms with E-state index in [1.165, 1.54) is 31.2 Å². The summed E-state index contributed by atoms with van der Waals surface area (Å²) in [5.41, 5.74) is 1.24. The Morgan fingerprint density at radius 3 is 2.84 bits per heavy atom. The third kappa shape index (κ3) is 3.11. The van der Waals surface area contributed by atoms with Gasteiger partial charge in [0.05, 0.1) is 5.02 Å². The normalized spacial score (nSPS) is 30.1. The van der Waals surface area contributed by atoms with Gasteiger partial charge in [0.25, 0.3) is 0 Å². The monoisotopic (exact) mass is 278 g/mol. The maximum atomic E-state index is 6.26. The summed E-state index contributed by atoms with van der Waals surface area (Å²) in [4.78, 5) is 4.08. The third-order valence-corrected chi connectivity index (χ3v) is 5.14. The van der Waals surface area contributed by atoms with Crippen LogP contribution in [-0.4, -0.2) is 17.6 Å². The first-order valence-corrected chi connectivity index (χ1v) is 7.97. The minimum absolute atomic E-state index is 0.590. The van der Waals surface area contributed by atoms with E-state index in [0.717, 1.165) is 35.7 Å². The van der Waals surface area contributed by atoms with Gasteiger partial charge in [-0.15, -0.1) is 0 Å². The second-order valence-electron chi connectivity index (χ2n) is 6.22. The lowest BCUT2D eigenvalue weighted by Crippen LogP contribution is -2.38. The van der Waals surface area contributed by atoms with Gasteiger partial charge in [-0.05, 0) is 68.0 Å². The summed E-state index contributed by atoms with van der Waals surface area (Å²) >= 11 is 6.26. The summed E-state index contributed by atoms with van der Waals surface area (Å²) in [5, 5.41) is 4.56. The van der Waals surface area contributed by atoms with Gasteiger partial charge < -0.3 is 5.32 Å². The molecule has 2 fully saturated rings. The van der Waals surface area contributed by atoms with Crippen molar-refractivity contribution in [2.24, 2.45) is 17.8 Å². The van der Waals surface area contributed by atoms with Crippen LogP contribution < -0.4 is 5.32 Å². The molecular formula is C16H23ClN2. The SMILES string of the molecule is CCCNC(Cc1ccncc1Cl)C1CC2CC2C1. The van der Waals surface area contributed by atoms with E-state index in [1.807, 2.05) is 6.20 Å². The summed E-state index contributed by atoms with van der Waals surface area (Å²) in [6.45, 7) is 3.34. The van der Waals surface area contributed by atoms with Gasteiger partial charge in [-0.25, -0.2) is 0 Å². The number of hydrogen-bond donors (Lipinski definition) is 1. The number of nitrogens with zero attached hydrogens (tertiary/aromatic N) is 1. The molecule has 2 saturated carbocycles. The molecular weight excluding hydrogens is 256 g/mol. The van der Waals surface area contributed by atoms with Crippen LogP contribution in [0.3, 0.4) is 0 Å². The fourth-order valence-electron chi connectivity index (χ4n) is 3.63. The highest BCUT2D eigenvalue weighted by Crippen LogP contribution is 2.55. The number of pyridine rings is 1. The number of rotatable bonds is 6. The van der Waals surface area contributed by atoms with Gasteiger partial charge in [-0.2, -0.15) is 0 Å². The van der Waals surface area contributed by atoms with Crippen LogP contribution in [0.2, 0.25) is 5.02 Å². The molecule has 3 rings (SSSR count). The zero-order valence-electron chi connectivity index (χ0n) is 11.6. The van der Waals surface area contributed by atoms with Crippen molar-refractivity contribution in [3.63, 3.8) is 0 Å². The highest BCUT2D eigenvalue weighted by atomic mass is 35.5. The molecule has 0 bridgehead atoms. The summed E-state index contributed by atoms with van der Waals surface area (Å²) in [6, 6.07) is 2.66. The number of fused-ring (bicyclic) bond motifs is 1. The van der Waals surface area contributed by atoms with E-state index in [2.05, 4.69) is 23.3 Å². The maximum Gasteiger partial charge on any atom is 0.0621 e. The van der Waals surface area contributed by atoms with Crippen molar-refractivity contribution in [1.82, 2.24) is 10.3 Å². The fraction of sp³-hybridized carbons (Fsp3) is 0.688. The molecule has 3 unspecified atom stereocenters. The Morgan fingerprint density at radius 2 is 2.16 bits per heavy atom. The standard InChI is InChI=1S/C16H23ClN2/c1-2-4-19-16(14-7-12-6-13(12)8-14)9-11-3-5-18-10-15(11)17/h3,5,10,12-14,16,19H,2,4,6-9H2,1H3.